The van der Waals surface area contributed by atoms with Gasteiger partial charge in [0.1, 0.15) is 11.6 Å². The van der Waals surface area contributed by atoms with Crippen LogP contribution in [-0.4, -0.2) is 6.08 Å². The maximum absolute atomic E-state index is 14.1. The molecule has 3 rings (SSSR count). The first-order chi connectivity index (χ1) is 10.2. The molecule has 1 fully saturated rings. The molecule has 1 aliphatic rings. The van der Waals surface area contributed by atoms with Gasteiger partial charge in [0, 0.05) is 11.1 Å². The summed E-state index contributed by atoms with van der Waals surface area (Å²) in [6.07, 6.45) is 4.01. The smallest absolute Gasteiger partial charge is 0.211 e. The van der Waals surface area contributed by atoms with E-state index in [0.29, 0.717) is 0 Å². The van der Waals surface area contributed by atoms with Gasteiger partial charge in [-0.15, -0.1) is 0 Å². The molecule has 0 saturated heterocycles. The van der Waals surface area contributed by atoms with Gasteiger partial charge in [-0.25, -0.2) is 13.6 Å². The van der Waals surface area contributed by atoms with Crippen molar-refractivity contribution in [3.05, 3.63) is 59.7 Å². The van der Waals surface area contributed by atoms with Crippen LogP contribution in [0.1, 0.15) is 24.8 Å². The third kappa shape index (κ3) is 2.28. The van der Waals surface area contributed by atoms with Gasteiger partial charge in [-0.1, -0.05) is 24.3 Å². The number of hydrogen-bond donors (Lipinski definition) is 0. The van der Waals surface area contributed by atoms with Crippen molar-refractivity contribution in [2.24, 2.45) is 4.99 Å². The number of benzene rings is 2. The lowest BCUT2D eigenvalue weighted by atomic mass is 9.72. The maximum atomic E-state index is 14.1. The Balaban J connectivity index is 2.13. The molecule has 0 unspecified atom stereocenters. The molecule has 1 saturated carbocycles. The Labute approximate surface area is 121 Å². The first kappa shape index (κ1) is 13.7. The molecule has 2 nitrogen and oxygen atoms in total. The summed E-state index contributed by atoms with van der Waals surface area (Å²) in [6.45, 7) is 0. The number of halogens is 2. The first-order valence-corrected chi connectivity index (χ1v) is 6.80. The summed E-state index contributed by atoms with van der Waals surface area (Å²) >= 11 is 0. The molecule has 0 amide bonds. The van der Waals surface area contributed by atoms with Gasteiger partial charge in [0.15, 0.2) is 0 Å². The van der Waals surface area contributed by atoms with E-state index in [2.05, 4.69) is 4.99 Å². The van der Waals surface area contributed by atoms with Crippen LogP contribution in [0.4, 0.5) is 8.78 Å². The van der Waals surface area contributed by atoms with E-state index in [4.69, 9.17) is 0 Å². The van der Waals surface area contributed by atoms with Crippen molar-refractivity contribution < 1.29 is 13.6 Å². The average molecular weight is 285 g/mol. The molecule has 0 aromatic heterocycles. The van der Waals surface area contributed by atoms with Crippen LogP contribution >= 0.6 is 0 Å². The summed E-state index contributed by atoms with van der Waals surface area (Å²) < 4.78 is 27.9. The van der Waals surface area contributed by atoms with Crippen molar-refractivity contribution in [3.63, 3.8) is 0 Å². The molecule has 1 aliphatic carbocycles. The van der Waals surface area contributed by atoms with Gasteiger partial charge >= 0.3 is 0 Å². The van der Waals surface area contributed by atoms with Crippen LogP contribution in [0.15, 0.2) is 47.5 Å². The Morgan fingerprint density at radius 1 is 1.00 bits per heavy atom. The summed E-state index contributed by atoms with van der Waals surface area (Å²) in [5, 5.41) is 0. The predicted molar refractivity (Wildman–Crippen MR) is 75.4 cm³/mol. The fourth-order valence-electron chi connectivity index (χ4n) is 2.76. The molecule has 0 spiro atoms. The molecule has 0 N–H and O–H groups in total. The van der Waals surface area contributed by atoms with Gasteiger partial charge in [-0.05, 0) is 43.0 Å². The number of aliphatic imine (C=N–C) groups is 1. The summed E-state index contributed by atoms with van der Waals surface area (Å²) in [5.41, 5.74) is 0.520. The second-order valence-corrected chi connectivity index (χ2v) is 5.26. The monoisotopic (exact) mass is 285 g/mol. The van der Waals surface area contributed by atoms with Crippen molar-refractivity contribution in [2.45, 2.75) is 24.8 Å². The van der Waals surface area contributed by atoms with Gasteiger partial charge in [0.25, 0.3) is 0 Å². The second kappa shape index (κ2) is 5.23. The minimum Gasteiger partial charge on any atom is -0.211 e. The third-order valence-corrected chi connectivity index (χ3v) is 4.11. The summed E-state index contributed by atoms with van der Waals surface area (Å²) in [5.74, 6) is -0.969. The van der Waals surface area contributed by atoms with Crippen LogP contribution < -0.4 is 0 Å². The lowest BCUT2D eigenvalue weighted by Crippen LogP contribution is -2.31. The molecular weight excluding hydrogens is 272 g/mol. The highest BCUT2D eigenvalue weighted by atomic mass is 19.1. The lowest BCUT2D eigenvalue weighted by molar-refractivity contribution is 0.256. The fourth-order valence-corrected chi connectivity index (χ4v) is 2.76. The maximum Gasteiger partial charge on any atom is 0.235 e. The van der Waals surface area contributed by atoms with E-state index < -0.39 is 17.2 Å². The highest BCUT2D eigenvalue weighted by Crippen LogP contribution is 2.45. The normalized spacial score (nSPS) is 15.9. The standard InChI is InChI=1S/C17H13F2NO/c18-15-5-2-1-4-13(15)14-10-12(6-7-16(14)19)17(20-11-21)8-3-9-17/h1-2,4-7,10H,3,8-9H2. The van der Waals surface area contributed by atoms with Crippen LogP contribution in [0, 0.1) is 11.6 Å². The molecule has 0 heterocycles. The van der Waals surface area contributed by atoms with Gasteiger partial charge in [0.05, 0.1) is 5.54 Å². The SMILES string of the molecule is O=C=NC1(c2ccc(F)c(-c3ccccc3F)c2)CCC1. The van der Waals surface area contributed by atoms with E-state index in [1.807, 2.05) is 0 Å². The zero-order chi connectivity index (χ0) is 14.9. The molecule has 0 radical (unpaired) electrons. The number of carbonyl (C=O) groups excluding carboxylic acids is 1. The summed E-state index contributed by atoms with van der Waals surface area (Å²) in [4.78, 5) is 14.5. The topological polar surface area (TPSA) is 29.4 Å². The van der Waals surface area contributed by atoms with E-state index in [1.54, 1.807) is 30.3 Å². The fraction of sp³-hybridized carbons (Fsp3) is 0.235. The van der Waals surface area contributed by atoms with Crippen molar-refractivity contribution in [1.29, 1.82) is 0 Å². The van der Waals surface area contributed by atoms with Crippen molar-refractivity contribution in [3.8, 4) is 11.1 Å². The molecule has 0 aliphatic heterocycles. The molecule has 0 bridgehead atoms. The Hall–Kier alpha value is -2.32. The highest BCUT2D eigenvalue weighted by Gasteiger charge is 2.39. The van der Waals surface area contributed by atoms with E-state index >= 15 is 0 Å². The molecule has 2 aromatic carbocycles. The van der Waals surface area contributed by atoms with E-state index in [-0.39, 0.29) is 11.1 Å². The molecule has 2 aromatic rings. The predicted octanol–water partition coefficient (Wildman–Crippen LogP) is 4.35. The number of isocyanates is 1. The largest absolute Gasteiger partial charge is 0.235 e. The summed E-state index contributed by atoms with van der Waals surface area (Å²) in [7, 11) is 0. The van der Waals surface area contributed by atoms with Gasteiger partial charge in [-0.2, -0.15) is 4.99 Å². The highest BCUT2D eigenvalue weighted by molar-refractivity contribution is 5.66. The minimum absolute atomic E-state index is 0.193. The van der Waals surface area contributed by atoms with Crippen LogP contribution in [0.3, 0.4) is 0 Å². The molecule has 4 heteroatoms. The Bertz CT molecular complexity index is 731. The van der Waals surface area contributed by atoms with E-state index in [0.717, 1.165) is 24.8 Å². The third-order valence-electron chi connectivity index (χ3n) is 4.11. The number of nitrogens with zero attached hydrogens (tertiary/aromatic N) is 1. The van der Waals surface area contributed by atoms with E-state index in [9.17, 15) is 13.6 Å². The van der Waals surface area contributed by atoms with Crippen LogP contribution in [0.25, 0.3) is 11.1 Å². The van der Waals surface area contributed by atoms with Crippen molar-refractivity contribution >= 4 is 6.08 Å². The van der Waals surface area contributed by atoms with E-state index in [1.165, 1.54) is 18.2 Å². The first-order valence-electron chi connectivity index (χ1n) is 6.80. The second-order valence-electron chi connectivity index (χ2n) is 5.26. The Morgan fingerprint density at radius 3 is 2.33 bits per heavy atom. The molecule has 106 valence electrons. The van der Waals surface area contributed by atoms with Crippen molar-refractivity contribution in [2.75, 3.05) is 0 Å². The number of hydrogen-bond acceptors (Lipinski definition) is 2. The van der Waals surface area contributed by atoms with Gasteiger partial charge < -0.3 is 0 Å². The quantitative estimate of drug-likeness (QED) is 0.609. The zero-order valence-corrected chi connectivity index (χ0v) is 11.3. The average Bonchev–Trinajstić information content (AvgIpc) is 2.45. The zero-order valence-electron chi connectivity index (χ0n) is 11.3. The van der Waals surface area contributed by atoms with Crippen LogP contribution in [0.2, 0.25) is 0 Å². The van der Waals surface area contributed by atoms with Crippen LogP contribution in [-0.2, 0) is 10.3 Å². The van der Waals surface area contributed by atoms with Gasteiger partial charge in [-0.3, -0.25) is 0 Å². The molecular formula is C17H13F2NO. The Morgan fingerprint density at radius 2 is 1.71 bits per heavy atom. The lowest BCUT2D eigenvalue weighted by Gasteiger charge is -2.37. The minimum atomic E-state index is -0.616. The number of rotatable bonds is 3. The molecule has 0 atom stereocenters. The van der Waals surface area contributed by atoms with Crippen molar-refractivity contribution in [1.82, 2.24) is 0 Å². The Kier molecular flexibility index (Phi) is 3.40. The van der Waals surface area contributed by atoms with Crippen LogP contribution in [0.5, 0.6) is 0 Å². The molecule has 21 heavy (non-hydrogen) atoms. The summed E-state index contributed by atoms with van der Waals surface area (Å²) in [6, 6.07) is 10.6. The van der Waals surface area contributed by atoms with Gasteiger partial charge in [0.2, 0.25) is 6.08 Å².